The molecule has 0 bridgehead atoms. The number of carbonyl (C=O) groups excluding carboxylic acids is 2. The van der Waals surface area contributed by atoms with E-state index < -0.39 is 5.41 Å². The lowest BCUT2D eigenvalue weighted by Gasteiger charge is -2.12. The maximum atomic E-state index is 13.2. The normalized spacial score (nSPS) is 12.7. The summed E-state index contributed by atoms with van der Waals surface area (Å²) in [5.41, 5.74) is 2.25. The van der Waals surface area contributed by atoms with Gasteiger partial charge in [-0.2, -0.15) is 0 Å². The first-order chi connectivity index (χ1) is 15.7. The van der Waals surface area contributed by atoms with Crippen molar-refractivity contribution < 1.29 is 9.59 Å². The summed E-state index contributed by atoms with van der Waals surface area (Å²) in [6.07, 6.45) is 4.10. The molecule has 0 unspecified atom stereocenters. The first kappa shape index (κ1) is 24.4. The topological polar surface area (TPSA) is 68.2 Å². The van der Waals surface area contributed by atoms with Crippen molar-refractivity contribution in [2.75, 3.05) is 6.54 Å². The van der Waals surface area contributed by atoms with Crippen LogP contribution in [0.3, 0.4) is 0 Å². The van der Waals surface area contributed by atoms with Crippen LogP contribution in [-0.4, -0.2) is 22.8 Å². The maximum Gasteiger partial charge on any atom is 0.269 e. The fraction of sp³-hybridized carbons (Fsp3) is 0.296. The van der Waals surface area contributed by atoms with Crippen LogP contribution in [0.2, 0.25) is 0 Å². The molecule has 3 rings (SSSR count). The number of hydrogen-bond acceptors (Lipinski definition) is 4. The van der Waals surface area contributed by atoms with E-state index in [1.54, 1.807) is 6.08 Å². The second kappa shape index (κ2) is 10.6. The zero-order chi connectivity index (χ0) is 24.0. The van der Waals surface area contributed by atoms with E-state index in [0.29, 0.717) is 15.7 Å². The van der Waals surface area contributed by atoms with Gasteiger partial charge < -0.3 is 5.32 Å². The Labute approximate surface area is 198 Å². The van der Waals surface area contributed by atoms with E-state index in [9.17, 15) is 14.4 Å². The van der Waals surface area contributed by atoms with Crippen molar-refractivity contribution in [3.05, 3.63) is 79.7 Å². The van der Waals surface area contributed by atoms with Crippen molar-refractivity contribution in [1.82, 2.24) is 9.88 Å². The third kappa shape index (κ3) is 6.39. The van der Waals surface area contributed by atoms with Gasteiger partial charge in [0.15, 0.2) is 5.78 Å². The first-order valence-corrected chi connectivity index (χ1v) is 11.9. The molecule has 6 heteroatoms. The van der Waals surface area contributed by atoms with Gasteiger partial charge in [0, 0.05) is 18.0 Å². The van der Waals surface area contributed by atoms with Crippen molar-refractivity contribution >= 4 is 35.2 Å². The molecule has 0 aliphatic carbocycles. The highest BCUT2D eigenvalue weighted by Gasteiger charge is 2.20. The van der Waals surface area contributed by atoms with E-state index in [4.69, 9.17) is 0 Å². The van der Waals surface area contributed by atoms with Gasteiger partial charge in [-0.3, -0.25) is 19.0 Å². The molecule has 0 atom stereocenters. The Kier molecular flexibility index (Phi) is 7.82. The van der Waals surface area contributed by atoms with Crippen molar-refractivity contribution in [3.8, 4) is 11.1 Å². The molecule has 172 valence electrons. The maximum absolute atomic E-state index is 13.2. The van der Waals surface area contributed by atoms with E-state index in [2.05, 4.69) is 17.4 Å². The molecule has 5 nitrogen and oxygen atoms in total. The third-order valence-electron chi connectivity index (χ3n) is 5.12. The minimum absolute atomic E-state index is 0.0924. The highest BCUT2D eigenvalue weighted by molar-refractivity contribution is 7.07. The van der Waals surface area contributed by atoms with Gasteiger partial charge in [-0.05, 0) is 29.2 Å². The van der Waals surface area contributed by atoms with Crippen molar-refractivity contribution in [2.24, 2.45) is 5.41 Å². The minimum Gasteiger partial charge on any atom is -0.355 e. The fourth-order valence-electron chi connectivity index (χ4n) is 3.14. The highest BCUT2D eigenvalue weighted by Crippen LogP contribution is 2.19. The van der Waals surface area contributed by atoms with Gasteiger partial charge in [-0.15, -0.1) is 11.3 Å². The van der Waals surface area contributed by atoms with Gasteiger partial charge in [0.05, 0.1) is 4.53 Å². The molecule has 0 fully saturated rings. The third-order valence-corrected chi connectivity index (χ3v) is 6.18. The number of ketones is 1. The SMILES string of the molecule is CCCNC(=O)Cn1c(=O)/c(=C/c2ccc(-c3ccccc3)cc2)s/c1=C/C(=O)C(C)(C)C. The lowest BCUT2D eigenvalue weighted by Crippen LogP contribution is -2.38. The molecule has 3 aromatic rings. The van der Waals surface area contributed by atoms with E-state index in [1.165, 1.54) is 22.0 Å². The van der Waals surface area contributed by atoms with Crippen molar-refractivity contribution in [1.29, 1.82) is 0 Å². The predicted molar refractivity (Wildman–Crippen MR) is 136 cm³/mol. The lowest BCUT2D eigenvalue weighted by molar-refractivity contribution is -0.122. The Bertz CT molecular complexity index is 1290. The van der Waals surface area contributed by atoms with Crippen molar-refractivity contribution in [2.45, 2.75) is 40.7 Å². The fourth-order valence-corrected chi connectivity index (χ4v) is 4.18. The second-order valence-electron chi connectivity index (χ2n) is 8.94. The average molecular weight is 463 g/mol. The molecule has 0 saturated heterocycles. The summed E-state index contributed by atoms with van der Waals surface area (Å²) in [6.45, 7) is 7.89. The van der Waals surface area contributed by atoms with Crippen LogP contribution in [0, 0.1) is 5.41 Å². The van der Waals surface area contributed by atoms with Crippen LogP contribution < -0.4 is 20.1 Å². The van der Waals surface area contributed by atoms with Gasteiger partial charge in [-0.25, -0.2) is 0 Å². The van der Waals surface area contributed by atoms with Gasteiger partial charge >= 0.3 is 0 Å². The number of Topliss-reactive ketones (excluding diaryl/α,β-unsaturated/α-hetero) is 1. The summed E-state index contributed by atoms with van der Waals surface area (Å²) >= 11 is 1.23. The number of carbonyl (C=O) groups is 2. The predicted octanol–water partition coefficient (Wildman–Crippen LogP) is 3.33. The molecule has 1 aromatic heterocycles. The van der Waals surface area contributed by atoms with Crippen LogP contribution in [0.5, 0.6) is 0 Å². The number of nitrogens with one attached hydrogen (secondary N) is 1. The summed E-state index contributed by atoms with van der Waals surface area (Å²) in [7, 11) is 0. The summed E-state index contributed by atoms with van der Waals surface area (Å²) < 4.78 is 2.36. The number of nitrogens with zero attached hydrogens (tertiary/aromatic N) is 1. The quantitative estimate of drug-likeness (QED) is 0.586. The van der Waals surface area contributed by atoms with E-state index in [1.807, 2.05) is 70.2 Å². The van der Waals surface area contributed by atoms with Crippen molar-refractivity contribution in [3.63, 3.8) is 0 Å². The van der Waals surface area contributed by atoms with Gasteiger partial charge in [0.25, 0.3) is 5.56 Å². The largest absolute Gasteiger partial charge is 0.355 e. The summed E-state index contributed by atoms with van der Waals surface area (Å²) in [5, 5.41) is 2.80. The number of rotatable bonds is 7. The van der Waals surface area contributed by atoms with Crippen LogP contribution in [-0.2, 0) is 16.1 Å². The van der Waals surface area contributed by atoms with Crippen LogP contribution in [0.15, 0.2) is 59.4 Å². The molecule has 0 aliphatic rings. The highest BCUT2D eigenvalue weighted by atomic mass is 32.1. The van der Waals surface area contributed by atoms with Crippen LogP contribution in [0.1, 0.15) is 39.7 Å². The van der Waals surface area contributed by atoms with E-state index in [-0.39, 0.29) is 23.8 Å². The molecule has 1 amide bonds. The van der Waals surface area contributed by atoms with Gasteiger partial charge in [0.1, 0.15) is 11.2 Å². The molecule has 0 spiro atoms. The average Bonchev–Trinajstić information content (AvgIpc) is 3.07. The number of benzene rings is 2. The Balaban J connectivity index is 2.03. The Morgan fingerprint density at radius 1 is 1.00 bits per heavy atom. The lowest BCUT2D eigenvalue weighted by atomic mass is 9.91. The zero-order valence-corrected chi connectivity index (χ0v) is 20.4. The van der Waals surface area contributed by atoms with Gasteiger partial charge in [0.2, 0.25) is 5.91 Å². The molecule has 1 heterocycles. The van der Waals surface area contributed by atoms with E-state index in [0.717, 1.165) is 23.1 Å². The number of aromatic nitrogens is 1. The molecule has 1 N–H and O–H groups in total. The Morgan fingerprint density at radius 2 is 1.64 bits per heavy atom. The summed E-state index contributed by atoms with van der Waals surface area (Å²) in [5.74, 6) is -0.335. The molecule has 2 aromatic carbocycles. The molecular weight excluding hydrogens is 432 g/mol. The second-order valence-corrected chi connectivity index (χ2v) is 10.00. The van der Waals surface area contributed by atoms with E-state index >= 15 is 0 Å². The molecule has 0 aliphatic heterocycles. The summed E-state index contributed by atoms with van der Waals surface area (Å²) in [4.78, 5) is 38.1. The Hall–Kier alpha value is -3.25. The zero-order valence-electron chi connectivity index (χ0n) is 19.6. The summed E-state index contributed by atoms with van der Waals surface area (Å²) in [6, 6.07) is 18.0. The van der Waals surface area contributed by atoms with Crippen LogP contribution in [0.25, 0.3) is 23.3 Å². The number of amides is 1. The monoisotopic (exact) mass is 462 g/mol. The number of hydrogen-bond donors (Lipinski definition) is 1. The first-order valence-electron chi connectivity index (χ1n) is 11.1. The minimum atomic E-state index is -0.577. The molecule has 0 radical (unpaired) electrons. The molecular formula is C27H30N2O3S. The Morgan fingerprint density at radius 3 is 2.24 bits per heavy atom. The smallest absolute Gasteiger partial charge is 0.269 e. The molecule has 33 heavy (non-hydrogen) atoms. The molecule has 0 saturated carbocycles. The number of thiazole rings is 1. The van der Waals surface area contributed by atoms with Crippen LogP contribution >= 0.6 is 11.3 Å². The standard InChI is InChI=1S/C27H30N2O3S/c1-5-15-28-24(31)18-29-25(17-23(30)27(2,3)4)33-22(26(29)32)16-19-11-13-21(14-12-19)20-9-7-6-8-10-20/h6-14,16-17H,5,15,18H2,1-4H3,(H,28,31)/b22-16-,25-17+. The van der Waals surface area contributed by atoms with Gasteiger partial charge in [-0.1, -0.05) is 82.3 Å². The van der Waals surface area contributed by atoms with Crippen LogP contribution in [0.4, 0.5) is 0 Å².